The highest BCUT2D eigenvalue weighted by atomic mass is 19.1. The molecule has 0 aliphatic rings. The molecule has 24 heavy (non-hydrogen) atoms. The smallest absolute Gasteiger partial charge is 0.158 e. The molecule has 2 heterocycles. The van der Waals surface area contributed by atoms with Gasteiger partial charge in [0.1, 0.15) is 12.0 Å². The van der Waals surface area contributed by atoms with Crippen LogP contribution < -0.4 is 0 Å². The summed E-state index contributed by atoms with van der Waals surface area (Å²) in [7, 11) is 0. The van der Waals surface area contributed by atoms with Crippen LogP contribution in [-0.2, 0) is 0 Å². The molecule has 4 rings (SSSR count). The van der Waals surface area contributed by atoms with Gasteiger partial charge in [-0.2, -0.15) is 5.10 Å². The van der Waals surface area contributed by atoms with Gasteiger partial charge in [-0.25, -0.2) is 18.9 Å². The summed E-state index contributed by atoms with van der Waals surface area (Å²) in [5.74, 6) is -0.431. The van der Waals surface area contributed by atoms with E-state index in [1.54, 1.807) is 6.20 Å². The van der Waals surface area contributed by atoms with Gasteiger partial charge in [0, 0.05) is 17.2 Å². The lowest BCUT2D eigenvalue weighted by atomic mass is 10.0. The number of aromatic nitrogens is 3. The van der Waals surface area contributed by atoms with E-state index in [-0.39, 0.29) is 5.69 Å². The summed E-state index contributed by atoms with van der Waals surface area (Å²) in [6.45, 7) is 0. The van der Waals surface area contributed by atoms with Crippen LogP contribution in [0, 0.1) is 5.82 Å². The summed E-state index contributed by atoms with van der Waals surface area (Å²) in [5, 5.41) is 4.04. The maximum atomic E-state index is 14.4. The predicted octanol–water partition coefficient (Wildman–Crippen LogP) is 4.04. The Labute approximate surface area is 137 Å². The van der Waals surface area contributed by atoms with Gasteiger partial charge in [0.25, 0.3) is 0 Å². The number of halogens is 1. The topological polar surface area (TPSA) is 42.5 Å². The van der Waals surface area contributed by atoms with Crippen molar-refractivity contribution in [3.05, 3.63) is 96.2 Å². The summed E-state index contributed by atoms with van der Waals surface area (Å²) in [6.07, 6.45) is 2.93. The summed E-state index contributed by atoms with van der Waals surface area (Å²) >= 11 is 0. The molecule has 0 aliphatic carbocycles. The number of rotatable bonds is 3. The van der Waals surface area contributed by atoms with Crippen LogP contribution in [0.3, 0.4) is 0 Å². The molecule has 2 aromatic heterocycles. The van der Waals surface area contributed by atoms with E-state index in [0.29, 0.717) is 11.4 Å². The van der Waals surface area contributed by atoms with Crippen molar-refractivity contribution in [2.24, 2.45) is 4.99 Å². The second-order valence-electron chi connectivity index (χ2n) is 5.26. The van der Waals surface area contributed by atoms with Gasteiger partial charge >= 0.3 is 0 Å². The van der Waals surface area contributed by atoms with Crippen molar-refractivity contribution in [3.8, 4) is 0 Å². The average Bonchev–Trinajstić information content (AvgIpc) is 3.08. The van der Waals surface area contributed by atoms with E-state index in [4.69, 9.17) is 0 Å². The lowest BCUT2D eigenvalue weighted by Crippen LogP contribution is -2.03. The number of pyridine rings is 1. The normalized spacial score (nSPS) is 10.7. The molecule has 0 fully saturated rings. The average molecular weight is 316 g/mol. The van der Waals surface area contributed by atoms with E-state index in [1.807, 2.05) is 60.7 Å². The molecule has 0 radical (unpaired) electrons. The van der Waals surface area contributed by atoms with Gasteiger partial charge in [-0.3, -0.25) is 0 Å². The Morgan fingerprint density at radius 1 is 0.917 bits per heavy atom. The highest BCUT2D eigenvalue weighted by Crippen LogP contribution is 2.22. The van der Waals surface area contributed by atoms with Crippen LogP contribution in [0.1, 0.15) is 11.1 Å². The standard InChI is InChI=1S/C19H13FN4/c20-16-11-18-21-13-22-24(18)12-17(16)23-19(14-7-3-1-4-8-14)15-9-5-2-6-10-15/h1-13H. The van der Waals surface area contributed by atoms with Crippen LogP contribution in [0.5, 0.6) is 0 Å². The second-order valence-corrected chi connectivity index (χ2v) is 5.26. The zero-order valence-electron chi connectivity index (χ0n) is 12.7. The summed E-state index contributed by atoms with van der Waals surface area (Å²) in [4.78, 5) is 8.56. The largest absolute Gasteiger partial charge is 0.243 e. The first-order valence-electron chi connectivity index (χ1n) is 7.50. The summed E-state index contributed by atoms with van der Waals surface area (Å²) in [6, 6.07) is 20.8. The summed E-state index contributed by atoms with van der Waals surface area (Å²) in [5.41, 5.74) is 3.21. The first-order valence-corrected chi connectivity index (χ1v) is 7.50. The molecular formula is C19H13FN4. The Balaban J connectivity index is 1.91. The third-order valence-corrected chi connectivity index (χ3v) is 3.67. The van der Waals surface area contributed by atoms with Crippen molar-refractivity contribution in [1.29, 1.82) is 0 Å². The van der Waals surface area contributed by atoms with Gasteiger partial charge in [-0.15, -0.1) is 0 Å². The molecule has 0 unspecified atom stereocenters. The molecular weight excluding hydrogens is 303 g/mol. The van der Waals surface area contributed by atoms with Crippen molar-refractivity contribution >= 4 is 17.0 Å². The number of benzene rings is 2. The summed E-state index contributed by atoms with van der Waals surface area (Å²) < 4.78 is 15.9. The fourth-order valence-electron chi connectivity index (χ4n) is 2.52. The first kappa shape index (κ1) is 14.3. The highest BCUT2D eigenvalue weighted by Gasteiger charge is 2.10. The zero-order chi connectivity index (χ0) is 16.4. The minimum absolute atomic E-state index is 0.218. The fraction of sp³-hybridized carbons (Fsp3) is 0. The maximum Gasteiger partial charge on any atom is 0.158 e. The van der Waals surface area contributed by atoms with Gasteiger partial charge in [-0.05, 0) is 0 Å². The van der Waals surface area contributed by atoms with E-state index < -0.39 is 5.82 Å². The number of hydrogen-bond acceptors (Lipinski definition) is 3. The number of nitrogens with zero attached hydrogens (tertiary/aromatic N) is 4. The molecule has 4 aromatic rings. The minimum atomic E-state index is -0.431. The molecule has 0 amide bonds. The van der Waals surface area contributed by atoms with Crippen molar-refractivity contribution in [1.82, 2.24) is 14.6 Å². The zero-order valence-corrected chi connectivity index (χ0v) is 12.7. The molecule has 0 bridgehead atoms. The molecule has 5 heteroatoms. The quantitative estimate of drug-likeness (QED) is 0.535. The molecule has 0 atom stereocenters. The van der Waals surface area contributed by atoms with E-state index in [9.17, 15) is 4.39 Å². The predicted molar refractivity (Wildman–Crippen MR) is 91.1 cm³/mol. The Bertz CT molecular complexity index is 966. The molecule has 0 aliphatic heterocycles. The monoisotopic (exact) mass is 316 g/mol. The lowest BCUT2D eigenvalue weighted by Gasteiger charge is -2.08. The SMILES string of the molecule is Fc1cc2ncnn2cc1N=C(c1ccccc1)c1ccccc1. The molecule has 2 aromatic carbocycles. The van der Waals surface area contributed by atoms with E-state index in [2.05, 4.69) is 15.1 Å². The van der Waals surface area contributed by atoms with Gasteiger partial charge in [-0.1, -0.05) is 60.7 Å². The van der Waals surface area contributed by atoms with Crippen LogP contribution in [0.15, 0.2) is 84.2 Å². The van der Waals surface area contributed by atoms with Gasteiger partial charge in [0.2, 0.25) is 0 Å². The Morgan fingerprint density at radius 2 is 1.54 bits per heavy atom. The fourth-order valence-corrected chi connectivity index (χ4v) is 2.52. The molecule has 0 spiro atoms. The Hall–Kier alpha value is -3.34. The Kier molecular flexibility index (Phi) is 3.59. The minimum Gasteiger partial charge on any atom is -0.243 e. The Morgan fingerprint density at radius 3 is 2.17 bits per heavy atom. The molecule has 0 N–H and O–H groups in total. The van der Waals surface area contributed by atoms with Crippen molar-refractivity contribution in [3.63, 3.8) is 0 Å². The molecule has 0 saturated heterocycles. The van der Waals surface area contributed by atoms with Gasteiger partial charge in [0.05, 0.1) is 11.9 Å². The van der Waals surface area contributed by atoms with Crippen molar-refractivity contribution in [2.75, 3.05) is 0 Å². The van der Waals surface area contributed by atoms with Crippen LogP contribution in [0.25, 0.3) is 5.65 Å². The third kappa shape index (κ3) is 2.67. The third-order valence-electron chi connectivity index (χ3n) is 3.67. The van der Waals surface area contributed by atoms with Crippen LogP contribution in [0.4, 0.5) is 10.1 Å². The maximum absolute atomic E-state index is 14.4. The lowest BCUT2D eigenvalue weighted by molar-refractivity contribution is 0.627. The van der Waals surface area contributed by atoms with Crippen molar-refractivity contribution in [2.45, 2.75) is 0 Å². The second kappa shape index (κ2) is 6.04. The molecule has 0 saturated carbocycles. The van der Waals surface area contributed by atoms with Crippen LogP contribution >= 0.6 is 0 Å². The molecule has 116 valence electrons. The number of fused-ring (bicyclic) bond motifs is 1. The highest BCUT2D eigenvalue weighted by molar-refractivity contribution is 6.13. The van der Waals surface area contributed by atoms with Gasteiger partial charge in [0.15, 0.2) is 11.5 Å². The van der Waals surface area contributed by atoms with E-state index in [0.717, 1.165) is 11.1 Å². The number of aliphatic imine (C=N–C) groups is 1. The molecule has 4 nitrogen and oxygen atoms in total. The van der Waals surface area contributed by atoms with E-state index >= 15 is 0 Å². The number of hydrogen-bond donors (Lipinski definition) is 0. The van der Waals surface area contributed by atoms with Gasteiger partial charge < -0.3 is 0 Å². The van der Waals surface area contributed by atoms with Crippen molar-refractivity contribution < 1.29 is 4.39 Å². The van der Waals surface area contributed by atoms with Crippen LogP contribution in [0.2, 0.25) is 0 Å². The van der Waals surface area contributed by atoms with E-state index in [1.165, 1.54) is 16.9 Å². The van der Waals surface area contributed by atoms with Crippen LogP contribution in [-0.4, -0.2) is 20.3 Å². The first-order chi connectivity index (χ1) is 11.8.